The molecule has 1 aromatic rings. The van der Waals surface area contributed by atoms with Crippen LogP contribution in [0.2, 0.25) is 0 Å². The number of aromatic nitrogens is 1. The molecule has 1 aliphatic rings. The lowest BCUT2D eigenvalue weighted by Crippen LogP contribution is -2.38. The van der Waals surface area contributed by atoms with Crippen molar-refractivity contribution in [3.8, 4) is 0 Å². The van der Waals surface area contributed by atoms with Gasteiger partial charge in [0.15, 0.2) is 5.96 Å². The largest absolute Gasteiger partial charge is 0.443 e. The van der Waals surface area contributed by atoms with Gasteiger partial charge in [-0.3, -0.25) is 4.79 Å². The highest BCUT2D eigenvalue weighted by Crippen LogP contribution is 2.22. The van der Waals surface area contributed by atoms with E-state index in [-0.39, 0.29) is 35.3 Å². The van der Waals surface area contributed by atoms with Gasteiger partial charge >= 0.3 is 0 Å². The molecule has 1 aromatic heterocycles. The van der Waals surface area contributed by atoms with Crippen LogP contribution in [-0.2, 0) is 16.8 Å². The first-order valence-electron chi connectivity index (χ1n) is 9.15. The molecule has 26 heavy (non-hydrogen) atoms. The Morgan fingerprint density at radius 3 is 2.65 bits per heavy atom. The molecule has 0 aliphatic heterocycles. The second kappa shape index (κ2) is 10.7. The third kappa shape index (κ3) is 8.37. The Bertz CT molecular complexity index is 591. The van der Waals surface area contributed by atoms with Crippen LogP contribution in [0.15, 0.2) is 15.6 Å². The second-order valence-corrected chi connectivity index (χ2v) is 7.44. The summed E-state index contributed by atoms with van der Waals surface area (Å²) in [6, 6.07) is 0.429. The van der Waals surface area contributed by atoms with Crippen molar-refractivity contribution in [2.45, 2.75) is 71.4 Å². The van der Waals surface area contributed by atoms with E-state index in [1.54, 1.807) is 6.20 Å². The highest BCUT2D eigenvalue weighted by Gasteiger charge is 2.22. The van der Waals surface area contributed by atoms with Crippen molar-refractivity contribution in [2.75, 3.05) is 13.1 Å². The number of aliphatic imine (C=N–C) groups is 1. The summed E-state index contributed by atoms with van der Waals surface area (Å²) >= 11 is 0. The average molecular weight is 477 g/mol. The number of halogens is 1. The number of hydrogen-bond acceptors (Lipinski definition) is 4. The third-order valence-electron chi connectivity index (χ3n) is 3.82. The summed E-state index contributed by atoms with van der Waals surface area (Å²) in [5.74, 6) is 2.31. The Labute approximate surface area is 173 Å². The zero-order valence-electron chi connectivity index (χ0n) is 16.2. The average Bonchev–Trinajstić information content (AvgIpc) is 3.21. The van der Waals surface area contributed by atoms with Crippen molar-refractivity contribution in [3.63, 3.8) is 0 Å². The normalized spacial score (nSPS) is 14.5. The molecule has 1 aliphatic carbocycles. The Balaban J connectivity index is 0.00000338. The monoisotopic (exact) mass is 477 g/mol. The fourth-order valence-corrected chi connectivity index (χ4v) is 2.20. The van der Waals surface area contributed by atoms with Crippen LogP contribution in [0.4, 0.5) is 0 Å². The minimum atomic E-state index is -0.0568. The molecule has 1 fully saturated rings. The molecule has 1 saturated carbocycles. The summed E-state index contributed by atoms with van der Waals surface area (Å²) in [6.45, 7) is 10.1. The maximum atomic E-state index is 11.7. The van der Waals surface area contributed by atoms with E-state index in [0.717, 1.165) is 31.6 Å². The summed E-state index contributed by atoms with van der Waals surface area (Å²) in [6.07, 6.45) is 5.33. The molecular formula is C18H32IN5O2. The summed E-state index contributed by atoms with van der Waals surface area (Å²) in [5, 5.41) is 9.43. The number of carbonyl (C=O) groups is 1. The molecule has 0 aromatic carbocycles. The van der Waals surface area contributed by atoms with Crippen LogP contribution in [0, 0.1) is 0 Å². The van der Waals surface area contributed by atoms with Gasteiger partial charge in [0.05, 0.1) is 6.20 Å². The lowest BCUT2D eigenvalue weighted by Gasteiger charge is -2.13. The third-order valence-corrected chi connectivity index (χ3v) is 3.82. The van der Waals surface area contributed by atoms with Crippen LogP contribution in [0.5, 0.6) is 0 Å². The fraction of sp³-hybridized carbons (Fsp3) is 0.722. The van der Waals surface area contributed by atoms with Crippen molar-refractivity contribution in [1.29, 1.82) is 0 Å². The molecule has 0 radical (unpaired) electrons. The van der Waals surface area contributed by atoms with Crippen LogP contribution >= 0.6 is 24.0 Å². The van der Waals surface area contributed by atoms with Crippen molar-refractivity contribution in [1.82, 2.24) is 20.9 Å². The van der Waals surface area contributed by atoms with Gasteiger partial charge in [-0.25, -0.2) is 9.98 Å². The van der Waals surface area contributed by atoms with Crippen LogP contribution in [0.25, 0.3) is 0 Å². The minimum absolute atomic E-state index is 0. The van der Waals surface area contributed by atoms with E-state index >= 15 is 0 Å². The summed E-state index contributed by atoms with van der Waals surface area (Å²) < 4.78 is 5.75. The highest BCUT2D eigenvalue weighted by atomic mass is 127. The van der Waals surface area contributed by atoms with Crippen LogP contribution in [-0.4, -0.2) is 36.0 Å². The summed E-state index contributed by atoms with van der Waals surface area (Å²) in [4.78, 5) is 20.4. The molecule has 2 rings (SSSR count). The van der Waals surface area contributed by atoms with Crippen LogP contribution in [0.3, 0.4) is 0 Å². The number of amides is 1. The first-order valence-corrected chi connectivity index (χ1v) is 9.15. The second-order valence-electron chi connectivity index (χ2n) is 7.44. The van der Waals surface area contributed by atoms with Gasteiger partial charge in [-0.15, -0.1) is 24.0 Å². The van der Waals surface area contributed by atoms with E-state index < -0.39 is 0 Å². The molecule has 0 spiro atoms. The van der Waals surface area contributed by atoms with Gasteiger partial charge < -0.3 is 20.4 Å². The number of oxazole rings is 1. The number of carbonyl (C=O) groups excluding carboxylic acids is 1. The molecule has 0 bridgehead atoms. The van der Waals surface area contributed by atoms with Crippen molar-refractivity contribution < 1.29 is 9.21 Å². The van der Waals surface area contributed by atoms with Crippen molar-refractivity contribution >= 4 is 35.8 Å². The maximum Gasteiger partial charge on any atom is 0.220 e. The molecule has 1 heterocycles. The van der Waals surface area contributed by atoms with E-state index in [0.29, 0.717) is 37.4 Å². The van der Waals surface area contributed by atoms with E-state index in [4.69, 9.17) is 4.42 Å². The van der Waals surface area contributed by atoms with Gasteiger partial charge in [0.1, 0.15) is 12.3 Å². The first-order chi connectivity index (χ1) is 11.9. The molecular weight excluding hydrogens is 445 g/mol. The number of rotatable bonds is 8. The summed E-state index contributed by atoms with van der Waals surface area (Å²) in [7, 11) is 0. The highest BCUT2D eigenvalue weighted by molar-refractivity contribution is 14.0. The SMILES string of the molecule is CCNC(=NCc1ncc(C(C)(C)C)o1)NCCCC(=O)NC1CC1.I. The van der Waals surface area contributed by atoms with E-state index in [2.05, 4.69) is 46.7 Å². The predicted molar refractivity (Wildman–Crippen MR) is 114 cm³/mol. The fourth-order valence-electron chi connectivity index (χ4n) is 2.20. The Hall–Kier alpha value is -1.32. The quantitative estimate of drug-likeness (QED) is 0.232. The smallest absolute Gasteiger partial charge is 0.220 e. The number of nitrogens with one attached hydrogen (secondary N) is 3. The van der Waals surface area contributed by atoms with Gasteiger partial charge in [0.2, 0.25) is 11.8 Å². The standard InChI is InChI=1S/C18H31N5O2.HI/c1-5-19-17(20-10-6-7-15(24)23-13-8-9-13)22-12-16-21-11-14(25-16)18(2,3)4;/h11,13H,5-10,12H2,1-4H3,(H,23,24)(H2,19,20,22);1H. The van der Waals surface area contributed by atoms with E-state index in [1.807, 2.05) is 6.92 Å². The van der Waals surface area contributed by atoms with E-state index in [9.17, 15) is 4.79 Å². The molecule has 148 valence electrons. The van der Waals surface area contributed by atoms with Crippen LogP contribution < -0.4 is 16.0 Å². The van der Waals surface area contributed by atoms with Crippen molar-refractivity contribution in [2.24, 2.45) is 4.99 Å². The molecule has 8 heteroatoms. The van der Waals surface area contributed by atoms with Gasteiger partial charge in [0.25, 0.3) is 0 Å². The zero-order valence-corrected chi connectivity index (χ0v) is 18.6. The minimum Gasteiger partial charge on any atom is -0.443 e. The molecule has 0 unspecified atom stereocenters. The van der Waals surface area contributed by atoms with E-state index in [1.165, 1.54) is 0 Å². The Kier molecular flexibility index (Phi) is 9.38. The first kappa shape index (κ1) is 22.7. The number of hydrogen-bond donors (Lipinski definition) is 3. The molecule has 3 N–H and O–H groups in total. The van der Waals surface area contributed by atoms with Crippen LogP contribution in [0.1, 0.15) is 65.0 Å². The number of guanidine groups is 1. The van der Waals surface area contributed by atoms with Gasteiger partial charge in [-0.1, -0.05) is 20.8 Å². The van der Waals surface area contributed by atoms with Gasteiger partial charge in [-0.2, -0.15) is 0 Å². The van der Waals surface area contributed by atoms with Crippen molar-refractivity contribution in [3.05, 3.63) is 17.8 Å². The molecule has 7 nitrogen and oxygen atoms in total. The molecule has 0 saturated heterocycles. The number of nitrogens with zero attached hydrogens (tertiary/aromatic N) is 2. The molecule has 1 amide bonds. The zero-order chi connectivity index (χ0) is 18.3. The summed E-state index contributed by atoms with van der Waals surface area (Å²) in [5.41, 5.74) is -0.0568. The Morgan fingerprint density at radius 2 is 2.08 bits per heavy atom. The van der Waals surface area contributed by atoms with Gasteiger partial charge in [-0.05, 0) is 26.2 Å². The predicted octanol–water partition coefficient (Wildman–Crippen LogP) is 2.70. The lowest BCUT2D eigenvalue weighted by molar-refractivity contribution is -0.121. The topological polar surface area (TPSA) is 91.6 Å². The van der Waals surface area contributed by atoms with Gasteiger partial charge in [0, 0.05) is 31.0 Å². The Morgan fingerprint density at radius 1 is 1.35 bits per heavy atom. The lowest BCUT2D eigenvalue weighted by atomic mass is 9.94. The molecule has 0 atom stereocenters. The maximum absolute atomic E-state index is 11.7.